The van der Waals surface area contributed by atoms with Crippen LogP contribution in [0.4, 0.5) is 20.3 Å². The van der Waals surface area contributed by atoms with Gasteiger partial charge in [0.25, 0.3) is 5.92 Å². The summed E-state index contributed by atoms with van der Waals surface area (Å²) in [7, 11) is -2.49. The molecular formula is C22H27F2N5O2S2. The van der Waals surface area contributed by atoms with Crippen molar-refractivity contribution in [3.63, 3.8) is 0 Å². The minimum atomic E-state index is -3.90. The highest BCUT2D eigenvalue weighted by molar-refractivity contribution is 7.96. The molecule has 1 saturated heterocycles. The molecule has 0 bridgehead atoms. The van der Waals surface area contributed by atoms with E-state index in [1.165, 1.54) is 12.6 Å². The lowest BCUT2D eigenvalue weighted by Crippen LogP contribution is -2.42. The Morgan fingerprint density at radius 3 is 2.55 bits per heavy atom. The number of nitrogens with zero attached hydrogens (tertiary/aromatic N) is 5. The van der Waals surface area contributed by atoms with Gasteiger partial charge in [0.05, 0.1) is 11.4 Å². The molecule has 1 unspecified atom stereocenters. The van der Waals surface area contributed by atoms with Gasteiger partial charge in [-0.1, -0.05) is 30.1 Å². The minimum Gasteiger partial charge on any atom is -0.296 e. The van der Waals surface area contributed by atoms with Crippen molar-refractivity contribution in [3.8, 4) is 11.3 Å². The number of fused-ring (bicyclic) bond motifs is 1. The van der Waals surface area contributed by atoms with Gasteiger partial charge in [-0.15, -0.1) is 0 Å². The monoisotopic (exact) mass is 495 g/mol. The van der Waals surface area contributed by atoms with Gasteiger partial charge in [-0.25, -0.2) is 26.7 Å². The minimum absolute atomic E-state index is 0.229. The molecule has 0 spiro atoms. The fourth-order valence-electron chi connectivity index (χ4n) is 4.43. The first-order chi connectivity index (χ1) is 15.7. The summed E-state index contributed by atoms with van der Waals surface area (Å²) in [6.07, 6.45) is 1.83. The smallest absolute Gasteiger partial charge is 0.296 e. The van der Waals surface area contributed by atoms with E-state index in [2.05, 4.69) is 32.6 Å². The Hall–Kier alpha value is -1.95. The van der Waals surface area contributed by atoms with E-state index < -0.39 is 22.0 Å². The number of aromatic nitrogens is 1. The van der Waals surface area contributed by atoms with Crippen LogP contribution >= 0.6 is 11.9 Å². The van der Waals surface area contributed by atoms with E-state index in [1.807, 2.05) is 12.1 Å². The van der Waals surface area contributed by atoms with Crippen LogP contribution < -0.4 is 8.61 Å². The van der Waals surface area contributed by atoms with Gasteiger partial charge in [-0.2, -0.15) is 8.42 Å². The van der Waals surface area contributed by atoms with E-state index >= 15 is 0 Å². The first-order valence-corrected chi connectivity index (χ1v) is 13.5. The van der Waals surface area contributed by atoms with Gasteiger partial charge >= 0.3 is 10.2 Å². The topological polar surface area (TPSA) is 60.0 Å². The van der Waals surface area contributed by atoms with Crippen LogP contribution in [0.2, 0.25) is 0 Å². The highest BCUT2D eigenvalue weighted by Crippen LogP contribution is 2.51. The molecule has 0 N–H and O–H groups in total. The van der Waals surface area contributed by atoms with Crippen LogP contribution in [0.15, 0.2) is 36.4 Å². The number of rotatable bonds is 6. The van der Waals surface area contributed by atoms with Gasteiger partial charge in [-0.3, -0.25) is 4.90 Å². The first-order valence-electron chi connectivity index (χ1n) is 11.0. The molecule has 1 aromatic carbocycles. The Bertz CT molecular complexity index is 1160. The molecule has 1 saturated carbocycles. The molecule has 2 aliphatic heterocycles. The lowest BCUT2D eigenvalue weighted by Gasteiger charge is -2.33. The van der Waals surface area contributed by atoms with E-state index in [1.54, 1.807) is 24.1 Å². The highest BCUT2D eigenvalue weighted by atomic mass is 32.2. The van der Waals surface area contributed by atoms with Crippen molar-refractivity contribution in [2.45, 2.75) is 18.9 Å². The maximum absolute atomic E-state index is 13.4. The zero-order valence-corrected chi connectivity index (χ0v) is 20.2. The number of halogens is 2. The third-order valence-corrected chi connectivity index (χ3v) is 9.26. The first kappa shape index (κ1) is 22.8. The number of hydrogen-bond acceptors (Lipinski definition) is 6. The standard InChI is InChI=1S/C22H27F2N5O2S2/c1-26-21-20(29(33(26,30)31)15-18-13-22(18,23)24)7-6-19(25-21)17-5-3-4-16(12-17)14-27-8-10-28(32-2)11-9-27/h3-7,12,18H,8-11,13-15H2,1-2H3. The summed E-state index contributed by atoms with van der Waals surface area (Å²) in [5.41, 5.74) is 3.08. The van der Waals surface area contributed by atoms with Gasteiger partial charge < -0.3 is 0 Å². The molecule has 1 aromatic heterocycles. The highest BCUT2D eigenvalue weighted by Gasteiger charge is 2.59. The summed E-state index contributed by atoms with van der Waals surface area (Å²) in [4.78, 5) is 7.04. The van der Waals surface area contributed by atoms with Crippen molar-refractivity contribution >= 4 is 33.7 Å². The predicted molar refractivity (Wildman–Crippen MR) is 128 cm³/mol. The van der Waals surface area contributed by atoms with E-state index in [4.69, 9.17) is 0 Å². The lowest BCUT2D eigenvalue weighted by atomic mass is 10.1. The molecule has 7 nitrogen and oxygen atoms in total. The van der Waals surface area contributed by atoms with Crippen molar-refractivity contribution in [1.82, 2.24) is 14.2 Å². The molecule has 3 aliphatic rings. The van der Waals surface area contributed by atoms with Crippen LogP contribution in [0.3, 0.4) is 0 Å². The average molecular weight is 496 g/mol. The second-order valence-corrected chi connectivity index (χ2v) is 11.6. The zero-order valence-electron chi connectivity index (χ0n) is 18.6. The van der Waals surface area contributed by atoms with Crippen LogP contribution in [0.25, 0.3) is 11.3 Å². The molecule has 2 aromatic rings. The Morgan fingerprint density at radius 2 is 1.88 bits per heavy atom. The summed E-state index contributed by atoms with van der Waals surface area (Å²) in [6, 6.07) is 11.6. The number of piperazine rings is 1. The molecule has 33 heavy (non-hydrogen) atoms. The molecule has 11 heteroatoms. The Balaban J connectivity index is 1.36. The van der Waals surface area contributed by atoms with Gasteiger partial charge in [-0.05, 0) is 30.0 Å². The number of hydrogen-bond donors (Lipinski definition) is 0. The number of anilines is 2. The van der Waals surface area contributed by atoms with Crippen molar-refractivity contribution in [3.05, 3.63) is 42.0 Å². The van der Waals surface area contributed by atoms with Gasteiger partial charge in [0.1, 0.15) is 0 Å². The van der Waals surface area contributed by atoms with Gasteiger partial charge in [0, 0.05) is 64.2 Å². The Kier molecular flexibility index (Phi) is 5.79. The molecule has 0 amide bonds. The van der Waals surface area contributed by atoms with E-state index in [-0.39, 0.29) is 18.8 Å². The fraction of sp³-hybridized carbons (Fsp3) is 0.500. The van der Waals surface area contributed by atoms with Gasteiger partial charge in [0.15, 0.2) is 5.82 Å². The fourth-order valence-corrected chi connectivity index (χ4v) is 6.36. The molecule has 178 valence electrons. The summed E-state index contributed by atoms with van der Waals surface area (Å²) >= 11 is 1.78. The average Bonchev–Trinajstić information content (AvgIpc) is 3.37. The Morgan fingerprint density at radius 1 is 1.15 bits per heavy atom. The van der Waals surface area contributed by atoms with Crippen LogP contribution in [-0.4, -0.2) is 74.6 Å². The maximum atomic E-state index is 13.4. The van der Waals surface area contributed by atoms with E-state index in [0.29, 0.717) is 11.4 Å². The predicted octanol–water partition coefficient (Wildman–Crippen LogP) is 3.30. The van der Waals surface area contributed by atoms with Crippen LogP contribution in [0, 0.1) is 5.92 Å². The number of alkyl halides is 2. The molecule has 2 fully saturated rings. The van der Waals surface area contributed by atoms with Crippen molar-refractivity contribution in [2.24, 2.45) is 5.92 Å². The quantitative estimate of drug-likeness (QED) is 0.574. The lowest BCUT2D eigenvalue weighted by molar-refractivity contribution is 0.101. The summed E-state index contributed by atoms with van der Waals surface area (Å²) in [5.74, 6) is -3.46. The third-order valence-electron chi connectivity index (χ3n) is 6.61. The van der Waals surface area contributed by atoms with Gasteiger partial charge in [0.2, 0.25) is 0 Å². The van der Waals surface area contributed by atoms with Crippen LogP contribution in [-0.2, 0) is 16.8 Å². The molecule has 3 heterocycles. The van der Waals surface area contributed by atoms with Crippen molar-refractivity contribution in [1.29, 1.82) is 0 Å². The molecule has 1 aliphatic carbocycles. The second-order valence-electron chi connectivity index (χ2n) is 8.80. The summed E-state index contributed by atoms with van der Waals surface area (Å²) in [5, 5.41) is 0. The molecule has 5 rings (SSSR count). The van der Waals surface area contributed by atoms with E-state index in [9.17, 15) is 17.2 Å². The zero-order chi connectivity index (χ0) is 23.4. The largest absolute Gasteiger partial charge is 0.327 e. The molecule has 0 radical (unpaired) electrons. The summed E-state index contributed by atoms with van der Waals surface area (Å²) in [6.45, 7) is 4.72. The molecule has 1 atom stereocenters. The molecular weight excluding hydrogens is 468 g/mol. The Labute approximate surface area is 197 Å². The third kappa shape index (κ3) is 4.31. The number of benzene rings is 1. The summed E-state index contributed by atoms with van der Waals surface area (Å²) < 4.78 is 57.1. The van der Waals surface area contributed by atoms with Crippen LogP contribution in [0.1, 0.15) is 12.0 Å². The van der Waals surface area contributed by atoms with E-state index in [0.717, 1.165) is 46.9 Å². The van der Waals surface area contributed by atoms with Crippen LogP contribution in [0.5, 0.6) is 0 Å². The van der Waals surface area contributed by atoms with Crippen molar-refractivity contribution < 1.29 is 17.2 Å². The van der Waals surface area contributed by atoms with Crippen molar-refractivity contribution in [2.75, 3.05) is 54.6 Å². The normalized spacial score (nSPS) is 24.2. The maximum Gasteiger partial charge on any atom is 0.327 e. The second kappa shape index (κ2) is 8.37. The SMILES string of the molecule is CSN1CCN(Cc2cccc(-c3ccc4c(n3)N(C)S(=O)(=O)N4CC3CC3(F)F)c2)CC1. The number of pyridine rings is 1.